The van der Waals surface area contributed by atoms with E-state index in [2.05, 4.69) is 5.32 Å². The van der Waals surface area contributed by atoms with Crippen molar-refractivity contribution in [1.29, 1.82) is 0 Å². The number of benzene rings is 2. The van der Waals surface area contributed by atoms with Crippen LogP contribution in [0.25, 0.3) is 11.0 Å². The molecule has 4 rings (SSSR count). The fourth-order valence-electron chi connectivity index (χ4n) is 3.54. The largest absolute Gasteiger partial charge is 0.449 e. The molecule has 2 aromatic carbocycles. The first-order valence-electron chi connectivity index (χ1n) is 9.59. The maximum atomic E-state index is 12.4. The van der Waals surface area contributed by atoms with Crippen molar-refractivity contribution in [2.45, 2.75) is 39.2 Å². The third-order valence-corrected chi connectivity index (χ3v) is 5.10. The van der Waals surface area contributed by atoms with Crippen LogP contribution in [-0.4, -0.2) is 18.0 Å². The third kappa shape index (κ3) is 3.92. The van der Waals surface area contributed by atoms with Crippen molar-refractivity contribution in [3.8, 4) is 0 Å². The van der Waals surface area contributed by atoms with Crippen molar-refractivity contribution < 1.29 is 18.7 Å². The number of hydrogen-bond acceptors (Lipinski definition) is 5. The Morgan fingerprint density at radius 2 is 1.86 bits per heavy atom. The number of anilines is 1. The van der Waals surface area contributed by atoms with Gasteiger partial charge >= 0.3 is 5.97 Å². The summed E-state index contributed by atoms with van der Waals surface area (Å²) in [4.78, 5) is 37.1. The van der Waals surface area contributed by atoms with Crippen molar-refractivity contribution >= 4 is 28.5 Å². The summed E-state index contributed by atoms with van der Waals surface area (Å²) in [6, 6.07) is 12.0. The number of nitrogens with one attached hydrogen (secondary N) is 1. The van der Waals surface area contributed by atoms with E-state index >= 15 is 0 Å². The molecular formula is C23H21NO5. The zero-order valence-electron chi connectivity index (χ0n) is 16.3. The summed E-state index contributed by atoms with van der Waals surface area (Å²) < 4.78 is 10.7. The molecule has 0 radical (unpaired) electrons. The van der Waals surface area contributed by atoms with Gasteiger partial charge in [-0.3, -0.25) is 9.59 Å². The van der Waals surface area contributed by atoms with Gasteiger partial charge in [-0.25, -0.2) is 4.79 Å². The first kappa shape index (κ1) is 18.9. The van der Waals surface area contributed by atoms with Gasteiger partial charge in [-0.1, -0.05) is 17.7 Å². The summed E-state index contributed by atoms with van der Waals surface area (Å²) in [6.45, 7) is 3.34. The molecule has 1 amide bonds. The lowest BCUT2D eigenvalue weighted by atomic mass is 10.1. The first-order chi connectivity index (χ1) is 13.9. The molecular weight excluding hydrogens is 370 g/mol. The Kier molecular flexibility index (Phi) is 4.92. The predicted octanol–water partition coefficient (Wildman–Crippen LogP) is 3.77. The van der Waals surface area contributed by atoms with Crippen molar-refractivity contribution in [3.05, 3.63) is 75.1 Å². The molecule has 1 aliphatic rings. The van der Waals surface area contributed by atoms with Crippen LogP contribution in [0.4, 0.5) is 5.69 Å². The predicted molar refractivity (Wildman–Crippen MR) is 109 cm³/mol. The standard InChI is InChI=1S/C23H21NO5/c1-13-6-9-20-18(10-13)19(25)12-21(29-20)23(27)28-14(2)22(26)24-17-8-7-15-4-3-5-16(15)11-17/h6-12,14H,3-5H2,1-2H3,(H,24,26)/t14-/m1/s1. The number of ether oxygens (including phenoxy) is 1. The molecule has 0 unspecified atom stereocenters. The average molecular weight is 391 g/mol. The van der Waals surface area contributed by atoms with Gasteiger partial charge in [0, 0.05) is 11.8 Å². The van der Waals surface area contributed by atoms with Gasteiger partial charge < -0.3 is 14.5 Å². The van der Waals surface area contributed by atoms with Gasteiger partial charge in [-0.2, -0.15) is 0 Å². The summed E-state index contributed by atoms with van der Waals surface area (Å²) in [5, 5.41) is 3.16. The Hall–Kier alpha value is -3.41. The molecule has 3 aromatic rings. The lowest BCUT2D eigenvalue weighted by molar-refractivity contribution is -0.123. The summed E-state index contributed by atoms with van der Waals surface area (Å²) in [5.41, 5.74) is 4.09. The molecule has 6 heteroatoms. The number of aryl methyl sites for hydroxylation is 3. The zero-order chi connectivity index (χ0) is 20.5. The Morgan fingerprint density at radius 1 is 1.07 bits per heavy atom. The van der Waals surface area contributed by atoms with E-state index in [0.717, 1.165) is 30.9 Å². The maximum Gasteiger partial charge on any atom is 0.375 e. The Morgan fingerprint density at radius 3 is 2.69 bits per heavy atom. The van der Waals surface area contributed by atoms with Crippen molar-refractivity contribution in [3.63, 3.8) is 0 Å². The van der Waals surface area contributed by atoms with E-state index in [0.29, 0.717) is 16.7 Å². The minimum atomic E-state index is -1.05. The van der Waals surface area contributed by atoms with E-state index in [-0.39, 0.29) is 11.2 Å². The fraction of sp³-hybridized carbons (Fsp3) is 0.261. The van der Waals surface area contributed by atoms with Crippen LogP contribution >= 0.6 is 0 Å². The Labute approximate surface area is 167 Å². The van der Waals surface area contributed by atoms with Crippen LogP contribution in [0.2, 0.25) is 0 Å². The topological polar surface area (TPSA) is 85.6 Å². The number of esters is 1. The van der Waals surface area contributed by atoms with E-state index in [1.807, 2.05) is 25.1 Å². The summed E-state index contributed by atoms with van der Waals surface area (Å²) in [6.07, 6.45) is 2.14. The van der Waals surface area contributed by atoms with Gasteiger partial charge in [0.1, 0.15) is 5.58 Å². The number of rotatable bonds is 4. The Bertz CT molecular complexity index is 1180. The second kappa shape index (κ2) is 7.54. The van der Waals surface area contributed by atoms with Crippen molar-refractivity contribution in [2.75, 3.05) is 5.32 Å². The molecule has 0 saturated heterocycles. The highest BCUT2D eigenvalue weighted by atomic mass is 16.6. The highest BCUT2D eigenvalue weighted by molar-refractivity contribution is 5.97. The zero-order valence-corrected chi connectivity index (χ0v) is 16.3. The smallest absolute Gasteiger partial charge is 0.375 e. The van der Waals surface area contributed by atoms with Gasteiger partial charge in [0.15, 0.2) is 11.5 Å². The molecule has 29 heavy (non-hydrogen) atoms. The van der Waals surface area contributed by atoms with Gasteiger partial charge in [-0.05, 0) is 68.5 Å². The molecule has 1 heterocycles. The first-order valence-corrected chi connectivity index (χ1v) is 9.59. The number of amides is 1. The number of fused-ring (bicyclic) bond motifs is 2. The summed E-state index contributed by atoms with van der Waals surface area (Å²) >= 11 is 0. The molecule has 0 fully saturated rings. The van der Waals surface area contributed by atoms with Gasteiger partial charge in [0.25, 0.3) is 5.91 Å². The molecule has 148 valence electrons. The van der Waals surface area contributed by atoms with E-state index in [1.54, 1.807) is 18.2 Å². The minimum absolute atomic E-state index is 0.233. The van der Waals surface area contributed by atoms with E-state index in [9.17, 15) is 14.4 Å². The molecule has 1 N–H and O–H groups in total. The van der Waals surface area contributed by atoms with Crippen LogP contribution in [0.3, 0.4) is 0 Å². The molecule has 1 atom stereocenters. The van der Waals surface area contributed by atoms with E-state index < -0.39 is 18.0 Å². The van der Waals surface area contributed by atoms with Crippen LogP contribution < -0.4 is 10.7 Å². The van der Waals surface area contributed by atoms with Crippen LogP contribution in [0.15, 0.2) is 51.7 Å². The van der Waals surface area contributed by atoms with Crippen LogP contribution in [0.1, 0.15) is 40.6 Å². The minimum Gasteiger partial charge on any atom is -0.449 e. The second-order valence-corrected chi connectivity index (χ2v) is 7.35. The van der Waals surface area contributed by atoms with Crippen LogP contribution in [0, 0.1) is 6.92 Å². The third-order valence-electron chi connectivity index (χ3n) is 5.10. The highest BCUT2D eigenvalue weighted by Crippen LogP contribution is 2.25. The van der Waals surface area contributed by atoms with E-state index in [4.69, 9.17) is 9.15 Å². The van der Waals surface area contributed by atoms with Gasteiger partial charge in [-0.15, -0.1) is 0 Å². The molecule has 6 nitrogen and oxygen atoms in total. The quantitative estimate of drug-likeness (QED) is 0.684. The maximum absolute atomic E-state index is 12.4. The molecule has 1 aromatic heterocycles. The lowest BCUT2D eigenvalue weighted by Crippen LogP contribution is -2.30. The normalized spacial score (nSPS) is 13.7. The van der Waals surface area contributed by atoms with E-state index in [1.165, 1.54) is 18.1 Å². The fourth-order valence-corrected chi connectivity index (χ4v) is 3.54. The summed E-state index contributed by atoms with van der Waals surface area (Å²) in [7, 11) is 0. The lowest BCUT2D eigenvalue weighted by Gasteiger charge is -2.14. The molecule has 1 aliphatic carbocycles. The monoisotopic (exact) mass is 391 g/mol. The molecule has 0 aliphatic heterocycles. The number of carbonyl (C=O) groups excluding carboxylic acids is 2. The SMILES string of the molecule is Cc1ccc2oc(C(=O)O[C@H](C)C(=O)Nc3ccc4c(c3)CCC4)cc(=O)c2c1. The van der Waals surface area contributed by atoms with Gasteiger partial charge in [0.2, 0.25) is 5.76 Å². The second-order valence-electron chi connectivity index (χ2n) is 7.35. The number of hydrogen-bond donors (Lipinski definition) is 1. The van der Waals surface area contributed by atoms with Crippen molar-refractivity contribution in [2.24, 2.45) is 0 Å². The highest BCUT2D eigenvalue weighted by Gasteiger charge is 2.22. The molecule has 0 saturated carbocycles. The van der Waals surface area contributed by atoms with Gasteiger partial charge in [0.05, 0.1) is 5.39 Å². The average Bonchev–Trinajstić information content (AvgIpc) is 3.16. The van der Waals surface area contributed by atoms with Crippen LogP contribution in [-0.2, 0) is 22.4 Å². The number of carbonyl (C=O) groups is 2. The molecule has 0 spiro atoms. The van der Waals surface area contributed by atoms with Crippen molar-refractivity contribution in [1.82, 2.24) is 0 Å². The Balaban J connectivity index is 1.46. The van der Waals surface area contributed by atoms with Crippen LogP contribution in [0.5, 0.6) is 0 Å². The molecule has 0 bridgehead atoms. The summed E-state index contributed by atoms with van der Waals surface area (Å²) in [5.74, 6) is -1.54.